The maximum Gasteiger partial charge on any atom is 0.323 e. The molecule has 0 bridgehead atoms. The van der Waals surface area contributed by atoms with E-state index < -0.39 is 57.7 Å². The van der Waals surface area contributed by atoms with E-state index in [1.54, 1.807) is 6.92 Å². The Morgan fingerprint density at radius 1 is 1.22 bits per heavy atom. The average molecular weight is 467 g/mol. The first-order chi connectivity index (χ1) is 15.0. The lowest BCUT2D eigenvalue weighted by Gasteiger charge is -2.35. The quantitative estimate of drug-likeness (QED) is 0.363. The molecule has 1 aliphatic heterocycles. The Hall–Kier alpha value is -2.53. The molecule has 3 rings (SSSR count). The molecule has 0 aromatic carbocycles. The highest BCUT2D eigenvalue weighted by atomic mass is 32.2. The van der Waals surface area contributed by atoms with Crippen LogP contribution in [0.2, 0.25) is 0 Å². The topological polar surface area (TPSA) is 145 Å². The first-order valence-corrected chi connectivity index (χ1v) is 12.3. The SMILES string of the molecule is C[C@H]1CCC(N(C(=O)CC(N)=O)[C@H]2CC[C@@H](C)N(S(=O)(=O)c3cccc[n+]3[O-])CC2=O)C1. The van der Waals surface area contributed by atoms with Gasteiger partial charge < -0.3 is 15.8 Å². The zero-order chi connectivity index (χ0) is 23.6. The molecule has 0 radical (unpaired) electrons. The van der Waals surface area contributed by atoms with Crippen molar-refractivity contribution in [3.63, 3.8) is 0 Å². The highest BCUT2D eigenvalue weighted by Crippen LogP contribution is 2.33. The minimum absolute atomic E-state index is 0.192. The third-order valence-corrected chi connectivity index (χ3v) is 8.36. The van der Waals surface area contributed by atoms with Crippen molar-refractivity contribution >= 4 is 27.6 Å². The van der Waals surface area contributed by atoms with Gasteiger partial charge in [0, 0.05) is 24.2 Å². The fraction of sp³-hybridized carbons (Fsp3) is 0.619. The number of hydrogen-bond donors (Lipinski definition) is 1. The largest absolute Gasteiger partial charge is 0.618 e. The molecule has 1 unspecified atom stereocenters. The number of Topliss-reactive ketones (excluding diaryl/α,β-unsaturated/α-hetero) is 1. The number of rotatable bonds is 6. The Kier molecular flexibility index (Phi) is 7.19. The number of ketones is 1. The number of carbonyl (C=O) groups is 3. The van der Waals surface area contributed by atoms with Gasteiger partial charge in [0.05, 0.1) is 12.6 Å². The summed E-state index contributed by atoms with van der Waals surface area (Å²) < 4.78 is 27.7. The molecule has 1 aromatic rings. The van der Waals surface area contributed by atoms with Crippen LogP contribution in [0.25, 0.3) is 0 Å². The van der Waals surface area contributed by atoms with Gasteiger partial charge in [0.15, 0.2) is 12.0 Å². The zero-order valence-corrected chi connectivity index (χ0v) is 19.2. The van der Waals surface area contributed by atoms with Crippen molar-refractivity contribution in [2.45, 2.75) is 75.5 Å². The van der Waals surface area contributed by atoms with Crippen molar-refractivity contribution in [3.8, 4) is 0 Å². The number of pyridine rings is 1. The van der Waals surface area contributed by atoms with E-state index in [0.29, 0.717) is 25.2 Å². The van der Waals surface area contributed by atoms with Crippen LogP contribution in [0.3, 0.4) is 0 Å². The number of primary amides is 1. The Balaban J connectivity index is 1.91. The van der Waals surface area contributed by atoms with Gasteiger partial charge in [-0.3, -0.25) is 14.4 Å². The highest BCUT2D eigenvalue weighted by molar-refractivity contribution is 7.89. The molecule has 2 heterocycles. The Labute approximate surface area is 188 Å². The maximum atomic E-state index is 13.3. The lowest BCUT2D eigenvalue weighted by Crippen LogP contribution is -2.52. The van der Waals surface area contributed by atoms with Crippen LogP contribution < -0.4 is 10.5 Å². The first-order valence-electron chi connectivity index (χ1n) is 10.8. The molecule has 2 aliphatic rings. The van der Waals surface area contributed by atoms with Crippen molar-refractivity contribution in [2.75, 3.05) is 6.54 Å². The van der Waals surface area contributed by atoms with Gasteiger partial charge in [0.25, 0.3) is 0 Å². The van der Waals surface area contributed by atoms with Crippen LogP contribution in [0, 0.1) is 11.1 Å². The molecule has 176 valence electrons. The molecule has 10 nitrogen and oxygen atoms in total. The molecule has 11 heteroatoms. The normalized spacial score (nSPS) is 27.1. The standard InChI is InChI=1S/C21H30N4O6S/c1-14-6-8-16(11-14)25(20(28)12-19(22)27)17-9-7-15(2)24(13-18(17)26)32(30,31)21-5-3-4-10-23(21)29/h3-5,10,14-17H,6-9,11-13H2,1-2H3,(H2,22,27)/t14-,15+,16?,17-/m0/s1. The van der Waals surface area contributed by atoms with E-state index in [-0.39, 0.29) is 17.2 Å². The molecule has 2 fully saturated rings. The van der Waals surface area contributed by atoms with Crippen molar-refractivity contribution in [2.24, 2.45) is 11.7 Å². The Bertz CT molecular complexity index is 998. The predicted molar refractivity (Wildman–Crippen MR) is 114 cm³/mol. The van der Waals surface area contributed by atoms with Crippen LogP contribution in [-0.2, 0) is 24.4 Å². The first kappa shape index (κ1) is 24.1. The van der Waals surface area contributed by atoms with Gasteiger partial charge in [-0.1, -0.05) is 6.92 Å². The van der Waals surface area contributed by atoms with Gasteiger partial charge in [-0.2, -0.15) is 9.04 Å². The van der Waals surface area contributed by atoms with Crippen LogP contribution in [-0.4, -0.2) is 59.9 Å². The predicted octanol–water partition coefficient (Wildman–Crippen LogP) is 0.323. The van der Waals surface area contributed by atoms with Crippen molar-refractivity contribution < 1.29 is 27.5 Å². The number of hydrogen-bond acceptors (Lipinski definition) is 6. The molecule has 0 spiro atoms. The number of carbonyl (C=O) groups excluding carboxylic acids is 3. The molecular formula is C21H30N4O6S. The summed E-state index contributed by atoms with van der Waals surface area (Å²) in [5.41, 5.74) is 5.24. The van der Waals surface area contributed by atoms with Crippen molar-refractivity contribution in [1.29, 1.82) is 0 Å². The summed E-state index contributed by atoms with van der Waals surface area (Å²) in [7, 11) is -4.23. The summed E-state index contributed by atoms with van der Waals surface area (Å²) in [4.78, 5) is 39.1. The summed E-state index contributed by atoms with van der Waals surface area (Å²) in [5.74, 6) is -1.32. The van der Waals surface area contributed by atoms with E-state index in [1.165, 1.54) is 23.1 Å². The summed E-state index contributed by atoms with van der Waals surface area (Å²) >= 11 is 0. The van der Waals surface area contributed by atoms with Crippen LogP contribution in [0.4, 0.5) is 0 Å². The third kappa shape index (κ3) is 4.93. The second-order valence-electron chi connectivity index (χ2n) is 8.84. The number of nitrogens with two attached hydrogens (primary N) is 1. The van der Waals surface area contributed by atoms with Gasteiger partial charge in [0.2, 0.25) is 11.8 Å². The summed E-state index contributed by atoms with van der Waals surface area (Å²) in [5, 5.41) is 11.6. The van der Waals surface area contributed by atoms with E-state index in [9.17, 15) is 28.0 Å². The lowest BCUT2D eigenvalue weighted by atomic mass is 10.0. The molecule has 1 aliphatic carbocycles. The van der Waals surface area contributed by atoms with E-state index in [1.807, 2.05) is 0 Å². The third-order valence-electron chi connectivity index (χ3n) is 6.40. The second-order valence-corrected chi connectivity index (χ2v) is 10.7. The lowest BCUT2D eigenvalue weighted by molar-refractivity contribution is -0.646. The maximum absolute atomic E-state index is 13.3. The van der Waals surface area contributed by atoms with Gasteiger partial charge in [-0.05, 0) is 51.0 Å². The van der Waals surface area contributed by atoms with E-state index in [4.69, 9.17) is 5.73 Å². The summed E-state index contributed by atoms with van der Waals surface area (Å²) in [6.07, 6.45) is 3.52. The van der Waals surface area contributed by atoms with Crippen LogP contribution in [0.5, 0.6) is 0 Å². The van der Waals surface area contributed by atoms with Gasteiger partial charge in [-0.15, -0.1) is 0 Å². The van der Waals surface area contributed by atoms with E-state index >= 15 is 0 Å². The Morgan fingerprint density at radius 2 is 1.94 bits per heavy atom. The fourth-order valence-electron chi connectivity index (χ4n) is 4.77. The molecule has 2 amide bonds. The Morgan fingerprint density at radius 3 is 2.53 bits per heavy atom. The molecule has 1 saturated heterocycles. The van der Waals surface area contributed by atoms with Crippen LogP contribution in [0.1, 0.15) is 52.4 Å². The minimum atomic E-state index is -4.23. The minimum Gasteiger partial charge on any atom is -0.618 e. The van der Waals surface area contributed by atoms with E-state index in [2.05, 4.69) is 6.92 Å². The van der Waals surface area contributed by atoms with Crippen LogP contribution in [0.15, 0.2) is 29.4 Å². The number of amides is 2. The van der Waals surface area contributed by atoms with E-state index in [0.717, 1.165) is 16.9 Å². The fourth-order valence-corrected chi connectivity index (χ4v) is 6.42. The van der Waals surface area contributed by atoms with Gasteiger partial charge in [0.1, 0.15) is 6.42 Å². The molecule has 2 N–H and O–H groups in total. The molecule has 32 heavy (non-hydrogen) atoms. The smallest absolute Gasteiger partial charge is 0.323 e. The highest BCUT2D eigenvalue weighted by Gasteiger charge is 2.44. The summed E-state index contributed by atoms with van der Waals surface area (Å²) in [6, 6.07) is 2.48. The molecule has 1 saturated carbocycles. The number of nitrogens with zero attached hydrogens (tertiary/aromatic N) is 3. The molecular weight excluding hydrogens is 436 g/mol. The molecule has 1 aromatic heterocycles. The van der Waals surface area contributed by atoms with Gasteiger partial charge in [-0.25, -0.2) is 8.42 Å². The van der Waals surface area contributed by atoms with Crippen molar-refractivity contribution in [3.05, 3.63) is 29.6 Å². The number of aromatic nitrogens is 1. The zero-order valence-electron chi connectivity index (χ0n) is 18.3. The van der Waals surface area contributed by atoms with Gasteiger partial charge >= 0.3 is 15.0 Å². The van der Waals surface area contributed by atoms with Crippen LogP contribution >= 0.6 is 0 Å². The monoisotopic (exact) mass is 466 g/mol. The van der Waals surface area contributed by atoms with Crippen molar-refractivity contribution in [1.82, 2.24) is 9.21 Å². The second kappa shape index (κ2) is 9.53. The number of sulfonamides is 1. The molecule has 4 atom stereocenters. The average Bonchev–Trinajstić information content (AvgIpc) is 3.07. The summed E-state index contributed by atoms with van der Waals surface area (Å²) in [6.45, 7) is 3.30.